The van der Waals surface area contributed by atoms with Crippen molar-refractivity contribution in [3.63, 3.8) is 0 Å². The van der Waals surface area contributed by atoms with Crippen molar-refractivity contribution in [2.45, 2.75) is 0 Å². The largest absolute Gasteiger partial charge is 0.496 e. The summed E-state index contributed by atoms with van der Waals surface area (Å²) >= 11 is 0. The molecule has 1 aromatic carbocycles. The van der Waals surface area contributed by atoms with Crippen LogP contribution in [0.25, 0.3) is 0 Å². The Morgan fingerprint density at radius 3 is 2.50 bits per heavy atom. The summed E-state index contributed by atoms with van der Waals surface area (Å²) in [6.07, 6.45) is 0. The quantitative estimate of drug-likeness (QED) is 0.761. The standard InChI is InChI=1S/C11H12O5/c1-15-6-9(12)7-3-4-10(16-2)8(5-7)11(13)14/h3-5H,6H2,1-2H3,(H,13,14). The van der Waals surface area contributed by atoms with Gasteiger partial charge in [0.2, 0.25) is 0 Å². The van der Waals surface area contributed by atoms with Gasteiger partial charge in [-0.1, -0.05) is 0 Å². The minimum absolute atomic E-state index is 0.0375. The molecule has 1 aromatic rings. The van der Waals surface area contributed by atoms with Gasteiger partial charge >= 0.3 is 5.97 Å². The van der Waals surface area contributed by atoms with Gasteiger partial charge in [0, 0.05) is 12.7 Å². The molecule has 0 aliphatic heterocycles. The normalized spacial score (nSPS) is 9.88. The first-order valence-electron chi connectivity index (χ1n) is 4.53. The summed E-state index contributed by atoms with van der Waals surface area (Å²) in [6, 6.07) is 4.24. The molecule has 0 aromatic heterocycles. The van der Waals surface area contributed by atoms with Crippen molar-refractivity contribution in [2.75, 3.05) is 20.8 Å². The first kappa shape index (κ1) is 12.2. The number of carbonyl (C=O) groups is 2. The molecule has 0 heterocycles. The molecule has 1 N–H and O–H groups in total. The van der Waals surface area contributed by atoms with E-state index in [0.29, 0.717) is 5.56 Å². The van der Waals surface area contributed by atoms with E-state index in [-0.39, 0.29) is 23.7 Å². The predicted molar refractivity (Wildman–Crippen MR) is 56.2 cm³/mol. The van der Waals surface area contributed by atoms with Crippen LogP contribution in [0.15, 0.2) is 18.2 Å². The summed E-state index contributed by atoms with van der Waals surface area (Å²) in [4.78, 5) is 22.4. The van der Waals surface area contributed by atoms with Crippen LogP contribution in [0, 0.1) is 0 Å². The van der Waals surface area contributed by atoms with Gasteiger partial charge in [-0.15, -0.1) is 0 Å². The van der Waals surface area contributed by atoms with Crippen molar-refractivity contribution in [3.05, 3.63) is 29.3 Å². The van der Waals surface area contributed by atoms with Crippen LogP contribution < -0.4 is 4.74 Å². The fourth-order valence-corrected chi connectivity index (χ4v) is 1.26. The Morgan fingerprint density at radius 1 is 1.31 bits per heavy atom. The SMILES string of the molecule is COCC(=O)c1ccc(OC)c(C(=O)O)c1. The number of benzene rings is 1. The van der Waals surface area contributed by atoms with Gasteiger partial charge < -0.3 is 14.6 Å². The molecular formula is C11H12O5. The molecule has 5 heteroatoms. The first-order chi connectivity index (χ1) is 7.60. The zero-order valence-electron chi connectivity index (χ0n) is 9.02. The first-order valence-corrected chi connectivity index (χ1v) is 4.53. The highest BCUT2D eigenvalue weighted by molar-refractivity contribution is 6.00. The van der Waals surface area contributed by atoms with Crippen LogP contribution in [0.1, 0.15) is 20.7 Å². The third-order valence-corrected chi connectivity index (χ3v) is 2.03. The Kier molecular flexibility index (Phi) is 4.02. The number of carboxylic acid groups (broad SMARTS) is 1. The fourth-order valence-electron chi connectivity index (χ4n) is 1.26. The number of carbonyl (C=O) groups excluding carboxylic acids is 1. The van der Waals surface area contributed by atoms with Crippen molar-refractivity contribution >= 4 is 11.8 Å². The number of aromatic carboxylic acids is 1. The Bertz CT molecular complexity index is 411. The average molecular weight is 224 g/mol. The highest BCUT2D eigenvalue weighted by Gasteiger charge is 2.14. The average Bonchev–Trinajstić information content (AvgIpc) is 2.28. The highest BCUT2D eigenvalue weighted by Crippen LogP contribution is 2.20. The van der Waals surface area contributed by atoms with Gasteiger partial charge in [-0.3, -0.25) is 4.79 Å². The zero-order valence-corrected chi connectivity index (χ0v) is 9.02. The van der Waals surface area contributed by atoms with E-state index >= 15 is 0 Å². The lowest BCUT2D eigenvalue weighted by atomic mass is 10.1. The summed E-state index contributed by atoms with van der Waals surface area (Å²) in [5.74, 6) is -1.18. The fraction of sp³-hybridized carbons (Fsp3) is 0.273. The molecule has 0 saturated carbocycles. The molecule has 0 radical (unpaired) electrons. The lowest BCUT2D eigenvalue weighted by Crippen LogP contribution is -2.09. The summed E-state index contributed by atoms with van der Waals surface area (Å²) in [6.45, 7) is -0.0780. The van der Waals surface area contributed by atoms with Crippen molar-refractivity contribution in [1.82, 2.24) is 0 Å². The van der Waals surface area contributed by atoms with E-state index in [2.05, 4.69) is 4.74 Å². The molecular weight excluding hydrogens is 212 g/mol. The van der Waals surface area contributed by atoms with E-state index in [0.717, 1.165) is 0 Å². The molecule has 0 unspecified atom stereocenters. The number of methoxy groups -OCH3 is 2. The van der Waals surface area contributed by atoms with Gasteiger partial charge in [-0.25, -0.2) is 4.79 Å². The molecule has 0 bridgehead atoms. The summed E-state index contributed by atoms with van der Waals surface area (Å²) < 4.78 is 9.56. The number of rotatable bonds is 5. The number of ketones is 1. The van der Waals surface area contributed by atoms with Crippen LogP contribution in [0.5, 0.6) is 5.75 Å². The molecule has 16 heavy (non-hydrogen) atoms. The van der Waals surface area contributed by atoms with E-state index in [1.54, 1.807) is 0 Å². The molecule has 0 atom stereocenters. The van der Waals surface area contributed by atoms with Crippen LogP contribution in [-0.4, -0.2) is 37.7 Å². The Hall–Kier alpha value is -1.88. The van der Waals surface area contributed by atoms with E-state index in [4.69, 9.17) is 9.84 Å². The molecule has 0 aliphatic rings. The minimum Gasteiger partial charge on any atom is -0.496 e. The molecule has 5 nitrogen and oxygen atoms in total. The topological polar surface area (TPSA) is 72.8 Å². The number of Topliss-reactive ketones (excluding diaryl/α,β-unsaturated/α-hetero) is 1. The van der Waals surface area contributed by atoms with E-state index in [1.807, 2.05) is 0 Å². The second-order valence-corrected chi connectivity index (χ2v) is 3.08. The third-order valence-electron chi connectivity index (χ3n) is 2.03. The van der Waals surface area contributed by atoms with Gasteiger partial charge in [-0.2, -0.15) is 0 Å². The Morgan fingerprint density at radius 2 is 2.00 bits per heavy atom. The lowest BCUT2D eigenvalue weighted by molar-refractivity contribution is 0.0693. The van der Waals surface area contributed by atoms with E-state index in [1.165, 1.54) is 32.4 Å². The Labute approximate surface area is 92.6 Å². The number of hydrogen-bond donors (Lipinski definition) is 1. The molecule has 1 rings (SSSR count). The van der Waals surface area contributed by atoms with Crippen molar-refractivity contribution in [2.24, 2.45) is 0 Å². The highest BCUT2D eigenvalue weighted by atomic mass is 16.5. The molecule has 0 saturated heterocycles. The van der Waals surface area contributed by atoms with Crippen molar-refractivity contribution in [3.8, 4) is 5.75 Å². The van der Waals surface area contributed by atoms with Gasteiger partial charge in [0.05, 0.1) is 7.11 Å². The minimum atomic E-state index is -1.14. The monoisotopic (exact) mass is 224 g/mol. The second kappa shape index (κ2) is 5.27. The van der Waals surface area contributed by atoms with Crippen LogP contribution >= 0.6 is 0 Å². The summed E-state index contributed by atoms with van der Waals surface area (Å²) in [5.41, 5.74) is 0.254. The maximum Gasteiger partial charge on any atom is 0.339 e. The van der Waals surface area contributed by atoms with Gasteiger partial charge in [0.1, 0.15) is 17.9 Å². The van der Waals surface area contributed by atoms with Gasteiger partial charge in [0.15, 0.2) is 5.78 Å². The molecule has 0 fully saturated rings. The molecule has 0 spiro atoms. The van der Waals surface area contributed by atoms with Crippen LogP contribution in [0.2, 0.25) is 0 Å². The lowest BCUT2D eigenvalue weighted by Gasteiger charge is -2.06. The van der Waals surface area contributed by atoms with Gasteiger partial charge in [-0.05, 0) is 18.2 Å². The van der Waals surface area contributed by atoms with Crippen LogP contribution in [0.3, 0.4) is 0 Å². The number of hydrogen-bond acceptors (Lipinski definition) is 4. The zero-order chi connectivity index (χ0) is 12.1. The smallest absolute Gasteiger partial charge is 0.339 e. The van der Waals surface area contributed by atoms with E-state index < -0.39 is 5.97 Å². The summed E-state index contributed by atoms with van der Waals surface area (Å²) in [7, 11) is 2.78. The van der Waals surface area contributed by atoms with Gasteiger partial charge in [0.25, 0.3) is 0 Å². The van der Waals surface area contributed by atoms with E-state index in [9.17, 15) is 9.59 Å². The van der Waals surface area contributed by atoms with Crippen molar-refractivity contribution < 1.29 is 24.2 Å². The molecule has 86 valence electrons. The predicted octanol–water partition coefficient (Wildman–Crippen LogP) is 1.22. The Balaban J connectivity index is 3.11. The summed E-state index contributed by atoms with van der Waals surface area (Å²) in [5, 5.41) is 8.91. The maximum absolute atomic E-state index is 11.5. The number of ether oxygens (including phenoxy) is 2. The second-order valence-electron chi connectivity index (χ2n) is 3.08. The number of carboxylic acids is 1. The molecule has 0 aliphatic carbocycles. The third kappa shape index (κ3) is 2.58. The van der Waals surface area contributed by atoms with Crippen LogP contribution in [-0.2, 0) is 4.74 Å². The van der Waals surface area contributed by atoms with Crippen LogP contribution in [0.4, 0.5) is 0 Å². The molecule has 0 amide bonds. The maximum atomic E-state index is 11.5. The van der Waals surface area contributed by atoms with Crippen molar-refractivity contribution in [1.29, 1.82) is 0 Å².